The van der Waals surface area contributed by atoms with Gasteiger partial charge in [-0.25, -0.2) is 0 Å². The number of halogens is 2. The first-order chi connectivity index (χ1) is 10.0. The van der Waals surface area contributed by atoms with Crippen molar-refractivity contribution in [3.63, 3.8) is 0 Å². The van der Waals surface area contributed by atoms with Crippen LogP contribution in [0.1, 0.15) is 22.1 Å². The molecule has 2 aromatic rings. The second-order valence-electron chi connectivity index (χ2n) is 4.60. The maximum absolute atomic E-state index is 12.4. The smallest absolute Gasteiger partial charge is 0.134 e. The van der Waals surface area contributed by atoms with Gasteiger partial charge in [-0.15, -0.1) is 23.2 Å². The fourth-order valence-electron chi connectivity index (χ4n) is 1.80. The average molecular weight is 338 g/mol. The minimum Gasteiger partial charge on any atom is -0.253 e. The minimum atomic E-state index is -1.41. The fraction of sp³-hybridized carbons (Fsp3) is 0.188. The van der Waals surface area contributed by atoms with Gasteiger partial charge in [0.25, 0.3) is 0 Å². The normalized spacial score (nSPS) is 15.0. The van der Waals surface area contributed by atoms with Gasteiger partial charge in [0.1, 0.15) is 4.71 Å². The highest BCUT2D eigenvalue weighted by Gasteiger charge is 2.25. The molecule has 2 aromatic carbocycles. The third-order valence-corrected chi connectivity index (χ3v) is 5.98. The lowest BCUT2D eigenvalue weighted by atomic mass is 10.1. The van der Waals surface area contributed by atoms with Crippen molar-refractivity contribution in [3.05, 3.63) is 65.2 Å². The molecule has 108 valence electrons. The van der Waals surface area contributed by atoms with E-state index in [1.54, 1.807) is 36.4 Å². The Kier molecular flexibility index (Phi) is 5.41. The highest BCUT2D eigenvalue weighted by molar-refractivity contribution is 7.87. The minimum absolute atomic E-state index is 0.549. The summed E-state index contributed by atoms with van der Waals surface area (Å²) in [5.41, 5.74) is 2.39. The Bertz CT molecular complexity index is 677. The van der Waals surface area contributed by atoms with E-state index >= 15 is 0 Å². The summed E-state index contributed by atoms with van der Waals surface area (Å²) in [6, 6.07) is 16.2. The topological polar surface area (TPSA) is 40.9 Å². The molecule has 21 heavy (non-hydrogen) atoms. The molecule has 0 aliphatic rings. The fourth-order valence-corrected chi connectivity index (χ4v) is 3.72. The van der Waals surface area contributed by atoms with Crippen LogP contribution in [-0.2, 0) is 10.8 Å². The van der Waals surface area contributed by atoms with Gasteiger partial charge in [-0.3, -0.25) is 4.21 Å². The summed E-state index contributed by atoms with van der Waals surface area (Å²) < 4.78 is 11.7. The molecule has 0 heterocycles. The van der Waals surface area contributed by atoms with Gasteiger partial charge in [-0.2, -0.15) is 5.26 Å². The number of rotatable bonds is 4. The summed E-state index contributed by atoms with van der Waals surface area (Å²) in [4.78, 5) is 0.653. The van der Waals surface area contributed by atoms with Crippen LogP contribution < -0.4 is 0 Å². The van der Waals surface area contributed by atoms with Crippen LogP contribution in [0, 0.1) is 18.3 Å². The SMILES string of the molecule is Cc1ccc(S(=O)[C@H](Cl)[C@H](Cl)c2ccc(C#N)cc2)cc1. The van der Waals surface area contributed by atoms with E-state index in [4.69, 9.17) is 28.5 Å². The predicted octanol–water partition coefficient (Wildman–Crippen LogP) is 4.52. The zero-order valence-corrected chi connectivity index (χ0v) is 13.6. The number of aryl methyl sites for hydroxylation is 1. The summed E-state index contributed by atoms with van der Waals surface area (Å²) in [5.74, 6) is 0. The van der Waals surface area contributed by atoms with Crippen LogP contribution in [0.25, 0.3) is 0 Å². The molecule has 0 aromatic heterocycles. The van der Waals surface area contributed by atoms with Gasteiger partial charge in [-0.1, -0.05) is 29.8 Å². The molecule has 1 unspecified atom stereocenters. The first-order valence-corrected chi connectivity index (χ1v) is 8.37. The van der Waals surface area contributed by atoms with Crippen LogP contribution in [0.4, 0.5) is 0 Å². The highest BCUT2D eigenvalue weighted by atomic mass is 35.5. The maximum atomic E-state index is 12.4. The highest BCUT2D eigenvalue weighted by Crippen LogP contribution is 2.32. The summed E-state index contributed by atoms with van der Waals surface area (Å²) >= 11 is 12.6. The Hall–Kier alpha value is -1.34. The van der Waals surface area contributed by atoms with Crippen LogP contribution in [0.3, 0.4) is 0 Å². The van der Waals surface area contributed by atoms with Gasteiger partial charge in [0.15, 0.2) is 0 Å². The molecule has 0 fully saturated rings. The van der Waals surface area contributed by atoms with E-state index < -0.39 is 20.9 Å². The Balaban J connectivity index is 2.17. The van der Waals surface area contributed by atoms with Crippen LogP contribution in [0.2, 0.25) is 0 Å². The summed E-state index contributed by atoms with van der Waals surface area (Å²) in [5, 5.41) is 8.18. The molecule has 5 heteroatoms. The van der Waals surface area contributed by atoms with Gasteiger partial charge < -0.3 is 0 Å². The quantitative estimate of drug-likeness (QED) is 0.769. The maximum Gasteiger partial charge on any atom is 0.134 e. The Morgan fingerprint density at radius 3 is 2.14 bits per heavy atom. The molecule has 2 rings (SSSR count). The molecule has 3 atom stereocenters. The summed E-state index contributed by atoms with van der Waals surface area (Å²) in [6.07, 6.45) is 0. The number of nitriles is 1. The number of alkyl halides is 2. The number of hydrogen-bond donors (Lipinski definition) is 0. The Morgan fingerprint density at radius 2 is 1.62 bits per heavy atom. The predicted molar refractivity (Wildman–Crippen MR) is 87.0 cm³/mol. The van der Waals surface area contributed by atoms with Gasteiger partial charge >= 0.3 is 0 Å². The van der Waals surface area contributed by atoms with Crippen molar-refractivity contribution < 1.29 is 4.21 Å². The molecule has 0 spiro atoms. The molecule has 0 bridgehead atoms. The number of nitrogens with zero attached hydrogens (tertiary/aromatic N) is 1. The van der Waals surface area contributed by atoms with Crippen molar-refractivity contribution in [1.82, 2.24) is 0 Å². The lowest BCUT2D eigenvalue weighted by Crippen LogP contribution is -2.14. The lowest BCUT2D eigenvalue weighted by Gasteiger charge is -2.16. The van der Waals surface area contributed by atoms with Crippen molar-refractivity contribution in [2.24, 2.45) is 0 Å². The van der Waals surface area contributed by atoms with Crippen molar-refractivity contribution in [2.75, 3.05) is 0 Å². The van der Waals surface area contributed by atoms with Crippen molar-refractivity contribution in [1.29, 1.82) is 5.26 Å². The zero-order valence-electron chi connectivity index (χ0n) is 11.3. The van der Waals surface area contributed by atoms with Crippen LogP contribution in [-0.4, -0.2) is 8.92 Å². The Morgan fingerprint density at radius 1 is 1.05 bits per heavy atom. The van der Waals surface area contributed by atoms with Crippen LogP contribution in [0.15, 0.2) is 53.4 Å². The molecule has 0 saturated heterocycles. The average Bonchev–Trinajstić information content (AvgIpc) is 2.53. The second-order valence-corrected chi connectivity index (χ2v) is 7.37. The first-order valence-electron chi connectivity index (χ1n) is 6.28. The molecule has 0 radical (unpaired) electrons. The van der Waals surface area contributed by atoms with Gasteiger partial charge in [-0.05, 0) is 36.8 Å². The molecule has 0 saturated carbocycles. The van der Waals surface area contributed by atoms with Crippen molar-refractivity contribution >= 4 is 34.0 Å². The second kappa shape index (κ2) is 7.09. The van der Waals surface area contributed by atoms with E-state index in [1.165, 1.54) is 0 Å². The molecule has 0 amide bonds. The molecular weight excluding hydrogens is 325 g/mol. The number of hydrogen-bond acceptors (Lipinski definition) is 2. The van der Waals surface area contributed by atoms with E-state index in [2.05, 4.69) is 0 Å². The van der Waals surface area contributed by atoms with Crippen molar-refractivity contribution in [3.8, 4) is 6.07 Å². The lowest BCUT2D eigenvalue weighted by molar-refractivity contribution is 0.679. The zero-order chi connectivity index (χ0) is 15.4. The van der Waals surface area contributed by atoms with Gasteiger partial charge in [0.2, 0.25) is 0 Å². The van der Waals surface area contributed by atoms with E-state index in [9.17, 15) is 4.21 Å². The third kappa shape index (κ3) is 3.85. The molecule has 0 N–H and O–H groups in total. The molecular formula is C16H13Cl2NOS. The van der Waals surface area contributed by atoms with Gasteiger partial charge in [0, 0.05) is 4.90 Å². The van der Waals surface area contributed by atoms with Gasteiger partial charge in [0.05, 0.1) is 27.8 Å². The van der Waals surface area contributed by atoms with Crippen LogP contribution in [0.5, 0.6) is 0 Å². The first kappa shape index (κ1) is 16.0. The molecule has 2 nitrogen and oxygen atoms in total. The summed E-state index contributed by atoms with van der Waals surface area (Å²) in [7, 11) is -1.41. The van der Waals surface area contributed by atoms with E-state index in [-0.39, 0.29) is 0 Å². The molecule has 0 aliphatic heterocycles. The number of benzene rings is 2. The van der Waals surface area contributed by atoms with Crippen molar-refractivity contribution in [2.45, 2.75) is 21.9 Å². The summed E-state index contributed by atoms with van der Waals surface area (Å²) in [6.45, 7) is 1.96. The standard InChI is InChI=1S/C16H13Cl2NOS/c1-11-2-8-14(9-3-11)21(20)16(18)15(17)13-6-4-12(10-19)5-7-13/h2-9,15-16H,1H3/t15-,16+,21?/m1/s1. The van der Waals surface area contributed by atoms with E-state index in [0.717, 1.165) is 11.1 Å². The van der Waals surface area contributed by atoms with E-state index in [0.29, 0.717) is 10.5 Å². The molecule has 0 aliphatic carbocycles. The largest absolute Gasteiger partial charge is 0.253 e. The van der Waals surface area contributed by atoms with E-state index in [1.807, 2.05) is 25.1 Å². The third-order valence-electron chi connectivity index (χ3n) is 3.05. The Labute approximate surface area is 136 Å². The van der Waals surface area contributed by atoms with Crippen LogP contribution >= 0.6 is 23.2 Å². The monoisotopic (exact) mass is 337 g/mol.